The van der Waals surface area contributed by atoms with Crippen LogP contribution in [0.1, 0.15) is 18.4 Å². The van der Waals surface area contributed by atoms with E-state index in [9.17, 15) is 9.90 Å². The summed E-state index contributed by atoms with van der Waals surface area (Å²) in [6.45, 7) is 5.70. The summed E-state index contributed by atoms with van der Waals surface area (Å²) < 4.78 is 5.68. The number of nitrogens with zero attached hydrogens (tertiary/aromatic N) is 2. The van der Waals surface area contributed by atoms with E-state index in [1.165, 1.54) is 5.56 Å². The van der Waals surface area contributed by atoms with Crippen molar-refractivity contribution in [2.24, 2.45) is 0 Å². The van der Waals surface area contributed by atoms with Crippen LogP contribution in [0.15, 0.2) is 48.5 Å². The number of carbonyl (C=O) groups excluding carboxylic acids is 1. The highest BCUT2D eigenvalue weighted by atomic mass is 16.5. The first-order valence-electron chi connectivity index (χ1n) is 9.13. The fourth-order valence-electron chi connectivity index (χ4n) is 3.08. The third-order valence-electron chi connectivity index (χ3n) is 4.67. The summed E-state index contributed by atoms with van der Waals surface area (Å²) in [5.74, 6) is 1.32. The zero-order valence-electron chi connectivity index (χ0n) is 15.2. The van der Waals surface area contributed by atoms with Crippen molar-refractivity contribution in [3.63, 3.8) is 0 Å². The normalized spacial score (nSPS) is 14.3. The van der Waals surface area contributed by atoms with E-state index >= 15 is 0 Å². The Kier molecular flexibility index (Phi) is 6.00. The first kappa shape index (κ1) is 18.1. The van der Waals surface area contributed by atoms with E-state index in [2.05, 4.69) is 4.90 Å². The van der Waals surface area contributed by atoms with Crippen molar-refractivity contribution in [2.75, 3.05) is 37.7 Å². The van der Waals surface area contributed by atoms with Gasteiger partial charge in [-0.25, -0.2) is 0 Å². The lowest BCUT2D eigenvalue weighted by Crippen LogP contribution is -2.48. The lowest BCUT2D eigenvalue weighted by atomic mass is 10.2. The smallest absolute Gasteiger partial charge is 0.222 e. The minimum Gasteiger partial charge on any atom is -0.508 e. The molecule has 2 aromatic rings. The van der Waals surface area contributed by atoms with E-state index in [4.69, 9.17) is 4.74 Å². The molecular weight excluding hydrogens is 328 g/mol. The quantitative estimate of drug-likeness (QED) is 0.810. The lowest BCUT2D eigenvalue weighted by Gasteiger charge is -2.36. The van der Waals surface area contributed by atoms with E-state index in [0.717, 1.165) is 44.0 Å². The molecule has 5 nitrogen and oxygen atoms in total. The Morgan fingerprint density at radius 3 is 2.31 bits per heavy atom. The van der Waals surface area contributed by atoms with Gasteiger partial charge in [-0.15, -0.1) is 0 Å². The molecule has 26 heavy (non-hydrogen) atoms. The summed E-state index contributed by atoms with van der Waals surface area (Å²) in [5, 5.41) is 9.38. The number of piperazine rings is 1. The number of phenolic OH excluding ortho intramolecular Hbond substituents is 1. The maximum Gasteiger partial charge on any atom is 0.222 e. The number of carbonyl (C=O) groups is 1. The van der Waals surface area contributed by atoms with E-state index in [-0.39, 0.29) is 11.7 Å². The zero-order valence-corrected chi connectivity index (χ0v) is 15.2. The Hall–Kier alpha value is -2.69. The maximum atomic E-state index is 12.4. The van der Waals surface area contributed by atoms with Gasteiger partial charge in [-0.05, 0) is 49.7 Å². The Morgan fingerprint density at radius 2 is 1.65 bits per heavy atom. The van der Waals surface area contributed by atoms with Gasteiger partial charge in [0.25, 0.3) is 0 Å². The van der Waals surface area contributed by atoms with Crippen LogP contribution in [0.4, 0.5) is 5.69 Å². The second-order valence-electron chi connectivity index (χ2n) is 6.65. The second kappa shape index (κ2) is 8.61. The average Bonchev–Trinajstić information content (AvgIpc) is 2.67. The van der Waals surface area contributed by atoms with Gasteiger partial charge in [0.15, 0.2) is 0 Å². The Labute approximate surface area is 154 Å². The number of amides is 1. The van der Waals surface area contributed by atoms with Gasteiger partial charge in [0.05, 0.1) is 6.61 Å². The van der Waals surface area contributed by atoms with Crippen LogP contribution in [-0.4, -0.2) is 48.7 Å². The molecule has 1 fully saturated rings. The summed E-state index contributed by atoms with van der Waals surface area (Å²) in [6.07, 6.45) is 1.25. The third-order valence-corrected chi connectivity index (χ3v) is 4.67. The molecule has 0 radical (unpaired) electrons. The fraction of sp³-hybridized carbons (Fsp3) is 0.381. The van der Waals surface area contributed by atoms with Crippen LogP contribution in [0, 0.1) is 6.92 Å². The molecule has 5 heteroatoms. The largest absolute Gasteiger partial charge is 0.508 e. The number of hydrogen-bond acceptors (Lipinski definition) is 4. The maximum absolute atomic E-state index is 12.4. The highest BCUT2D eigenvalue weighted by molar-refractivity contribution is 5.76. The van der Waals surface area contributed by atoms with Crippen LogP contribution < -0.4 is 9.64 Å². The van der Waals surface area contributed by atoms with E-state index in [1.54, 1.807) is 12.1 Å². The highest BCUT2D eigenvalue weighted by Gasteiger charge is 2.20. The minimum absolute atomic E-state index is 0.197. The molecule has 0 unspecified atom stereocenters. The Morgan fingerprint density at radius 1 is 1.00 bits per heavy atom. The standard InChI is InChI=1S/C21H26N2O3/c1-17-4-10-20(11-5-17)26-16-2-3-21(25)23-14-12-22(13-15-23)18-6-8-19(24)9-7-18/h4-11,24H,2-3,12-16H2,1H3. The number of aromatic hydroxyl groups is 1. The Bertz CT molecular complexity index is 705. The molecule has 2 aromatic carbocycles. The van der Waals surface area contributed by atoms with Crippen molar-refractivity contribution in [3.05, 3.63) is 54.1 Å². The fourth-order valence-corrected chi connectivity index (χ4v) is 3.08. The van der Waals surface area contributed by atoms with Crippen molar-refractivity contribution in [3.8, 4) is 11.5 Å². The van der Waals surface area contributed by atoms with E-state index in [1.807, 2.05) is 48.2 Å². The third kappa shape index (κ3) is 4.91. The van der Waals surface area contributed by atoms with Crippen LogP contribution >= 0.6 is 0 Å². The molecule has 1 saturated heterocycles. The molecule has 1 aliphatic rings. The van der Waals surface area contributed by atoms with Crippen molar-refractivity contribution in [1.29, 1.82) is 0 Å². The highest BCUT2D eigenvalue weighted by Crippen LogP contribution is 2.20. The number of rotatable bonds is 6. The molecule has 0 atom stereocenters. The molecule has 0 aromatic heterocycles. The van der Waals surface area contributed by atoms with Crippen molar-refractivity contribution in [2.45, 2.75) is 19.8 Å². The van der Waals surface area contributed by atoms with Crippen LogP contribution in [-0.2, 0) is 4.79 Å². The number of anilines is 1. The molecule has 1 heterocycles. The van der Waals surface area contributed by atoms with Crippen molar-refractivity contribution in [1.82, 2.24) is 4.90 Å². The van der Waals surface area contributed by atoms with Gasteiger partial charge in [-0.3, -0.25) is 4.79 Å². The van der Waals surface area contributed by atoms with Crippen LogP contribution in [0.25, 0.3) is 0 Å². The van der Waals surface area contributed by atoms with Crippen LogP contribution in [0.5, 0.6) is 11.5 Å². The number of benzene rings is 2. The molecule has 3 rings (SSSR count). The summed E-state index contributed by atoms with van der Waals surface area (Å²) >= 11 is 0. The van der Waals surface area contributed by atoms with Crippen molar-refractivity contribution >= 4 is 11.6 Å². The number of aryl methyl sites for hydroxylation is 1. The van der Waals surface area contributed by atoms with Gasteiger partial charge in [-0.1, -0.05) is 17.7 Å². The van der Waals surface area contributed by atoms with Crippen molar-refractivity contribution < 1.29 is 14.6 Å². The lowest BCUT2D eigenvalue weighted by molar-refractivity contribution is -0.131. The van der Waals surface area contributed by atoms with E-state index in [0.29, 0.717) is 13.0 Å². The molecule has 0 bridgehead atoms. The van der Waals surface area contributed by atoms with Gasteiger partial charge >= 0.3 is 0 Å². The second-order valence-corrected chi connectivity index (χ2v) is 6.65. The predicted octanol–water partition coefficient (Wildman–Crippen LogP) is 3.21. The molecule has 1 aliphatic heterocycles. The predicted molar refractivity (Wildman–Crippen MR) is 103 cm³/mol. The summed E-state index contributed by atoms with van der Waals surface area (Å²) in [7, 11) is 0. The van der Waals surface area contributed by atoms with Gasteiger partial charge in [0, 0.05) is 38.3 Å². The van der Waals surface area contributed by atoms with Gasteiger partial charge in [0.1, 0.15) is 11.5 Å². The van der Waals surface area contributed by atoms with Crippen LogP contribution in [0.2, 0.25) is 0 Å². The number of ether oxygens (including phenoxy) is 1. The monoisotopic (exact) mass is 354 g/mol. The SMILES string of the molecule is Cc1ccc(OCCCC(=O)N2CCN(c3ccc(O)cc3)CC2)cc1. The summed E-state index contributed by atoms with van der Waals surface area (Å²) in [6, 6.07) is 15.2. The first-order valence-corrected chi connectivity index (χ1v) is 9.13. The topological polar surface area (TPSA) is 53.0 Å². The Balaban J connectivity index is 1.37. The molecule has 138 valence electrons. The first-order chi connectivity index (χ1) is 12.6. The van der Waals surface area contributed by atoms with Gasteiger partial charge < -0.3 is 19.6 Å². The minimum atomic E-state index is 0.197. The average molecular weight is 354 g/mol. The van der Waals surface area contributed by atoms with Gasteiger partial charge in [0.2, 0.25) is 5.91 Å². The summed E-state index contributed by atoms with van der Waals surface area (Å²) in [4.78, 5) is 16.5. The summed E-state index contributed by atoms with van der Waals surface area (Å²) in [5.41, 5.74) is 2.29. The van der Waals surface area contributed by atoms with E-state index < -0.39 is 0 Å². The number of phenols is 1. The molecule has 1 N–H and O–H groups in total. The molecule has 0 saturated carbocycles. The molecule has 0 aliphatic carbocycles. The van der Waals surface area contributed by atoms with Crippen LogP contribution in [0.3, 0.4) is 0 Å². The molecular formula is C21H26N2O3. The molecule has 1 amide bonds. The van der Waals surface area contributed by atoms with Gasteiger partial charge in [-0.2, -0.15) is 0 Å². The zero-order chi connectivity index (χ0) is 18.4. The number of hydrogen-bond donors (Lipinski definition) is 1. The molecule has 0 spiro atoms.